The minimum atomic E-state index is -1.40. The van der Waals surface area contributed by atoms with Crippen molar-refractivity contribution in [2.45, 2.75) is 18.3 Å². The molecule has 2 aliphatic rings. The van der Waals surface area contributed by atoms with Gasteiger partial charge in [0.25, 0.3) is 0 Å². The second kappa shape index (κ2) is 3.44. The molecule has 4 atom stereocenters. The normalized spacial score (nSPS) is 36.6. The fraction of sp³-hybridized carbons (Fsp3) is 0.500. The van der Waals surface area contributed by atoms with Crippen molar-refractivity contribution in [3.05, 3.63) is 24.2 Å². The Morgan fingerprint density at radius 1 is 1.53 bits per heavy atom. The van der Waals surface area contributed by atoms with Gasteiger partial charge >= 0.3 is 0 Å². The molecular weight excluding hydrogens is 248 g/mol. The number of hydrogen-bond acceptors (Lipinski definition) is 6. The molecule has 1 aliphatic carbocycles. The second-order valence-electron chi connectivity index (χ2n) is 5.20. The molecule has 0 aromatic carbocycles. The average Bonchev–Trinajstić information content (AvgIpc) is 2.99. The van der Waals surface area contributed by atoms with Gasteiger partial charge in [-0.3, -0.25) is 0 Å². The number of aliphatic hydroxyl groups excluding tert-OH is 1. The lowest BCUT2D eigenvalue weighted by Crippen LogP contribution is -2.33. The molecule has 19 heavy (non-hydrogen) atoms. The van der Waals surface area contributed by atoms with Crippen molar-refractivity contribution in [1.29, 1.82) is 0 Å². The molecule has 1 aliphatic heterocycles. The highest BCUT2D eigenvalue weighted by Gasteiger charge is 2.65. The summed E-state index contributed by atoms with van der Waals surface area (Å²) >= 11 is 0. The van der Waals surface area contributed by atoms with Crippen LogP contribution in [0.2, 0.25) is 0 Å². The van der Waals surface area contributed by atoms with Crippen LogP contribution in [0.3, 0.4) is 0 Å². The van der Waals surface area contributed by atoms with E-state index in [2.05, 4.69) is 10.1 Å². The first-order valence-corrected chi connectivity index (χ1v) is 6.25. The highest BCUT2D eigenvalue weighted by atomic mass is 16.6. The van der Waals surface area contributed by atoms with Gasteiger partial charge in [0.15, 0.2) is 5.82 Å². The first-order valence-electron chi connectivity index (χ1n) is 6.25. The van der Waals surface area contributed by atoms with Gasteiger partial charge in [0, 0.05) is 5.92 Å². The maximum Gasteiger partial charge on any atom is 0.213 e. The lowest BCUT2D eigenvalue weighted by atomic mass is 10.1. The molecular formula is C12H14N4O3. The zero-order chi connectivity index (χ0) is 13.2. The number of anilines is 1. The highest BCUT2D eigenvalue weighted by molar-refractivity contribution is 5.65. The Kier molecular flexibility index (Phi) is 2.02. The quantitative estimate of drug-likeness (QED) is 0.672. The smallest absolute Gasteiger partial charge is 0.213 e. The zero-order valence-electron chi connectivity index (χ0n) is 10.1. The average molecular weight is 262 g/mol. The van der Waals surface area contributed by atoms with Crippen LogP contribution in [0.25, 0.3) is 5.52 Å². The first-order chi connectivity index (χ1) is 9.15. The summed E-state index contributed by atoms with van der Waals surface area (Å²) in [4.78, 5) is 3.91. The minimum absolute atomic E-state index is 0.0129. The molecule has 2 aromatic rings. The number of nitrogens with two attached hydrogens (primary N) is 1. The van der Waals surface area contributed by atoms with Gasteiger partial charge in [-0.15, -0.1) is 0 Å². The molecule has 1 saturated heterocycles. The topological polar surface area (TPSA) is 106 Å². The molecule has 0 bridgehead atoms. The molecule has 0 amide bonds. The second-order valence-corrected chi connectivity index (χ2v) is 5.20. The van der Waals surface area contributed by atoms with Crippen LogP contribution in [-0.2, 0) is 10.5 Å². The van der Waals surface area contributed by atoms with E-state index in [1.165, 1.54) is 6.33 Å². The van der Waals surface area contributed by atoms with Crippen molar-refractivity contribution in [1.82, 2.24) is 14.6 Å². The predicted molar refractivity (Wildman–Crippen MR) is 64.9 cm³/mol. The van der Waals surface area contributed by atoms with E-state index in [1.54, 1.807) is 16.6 Å². The van der Waals surface area contributed by atoms with Gasteiger partial charge in [-0.1, -0.05) is 0 Å². The maximum absolute atomic E-state index is 10.8. The van der Waals surface area contributed by atoms with Gasteiger partial charge in [-0.25, -0.2) is 9.50 Å². The maximum atomic E-state index is 10.8. The van der Waals surface area contributed by atoms with Crippen LogP contribution in [0.15, 0.2) is 18.5 Å². The number of aliphatic hydroxyl groups is 2. The molecule has 2 unspecified atom stereocenters. The third-order valence-electron chi connectivity index (χ3n) is 4.18. The Bertz CT molecular complexity index is 657. The molecule has 0 spiro atoms. The van der Waals surface area contributed by atoms with Crippen molar-refractivity contribution in [3.8, 4) is 0 Å². The zero-order valence-corrected chi connectivity index (χ0v) is 10.1. The summed E-state index contributed by atoms with van der Waals surface area (Å²) in [7, 11) is 0. The van der Waals surface area contributed by atoms with Gasteiger partial charge in [0.2, 0.25) is 5.79 Å². The van der Waals surface area contributed by atoms with E-state index in [0.717, 1.165) is 6.42 Å². The van der Waals surface area contributed by atoms with Crippen LogP contribution in [0, 0.1) is 11.8 Å². The molecule has 100 valence electrons. The van der Waals surface area contributed by atoms with Crippen LogP contribution in [0.1, 0.15) is 12.1 Å². The number of ether oxygens (including phenoxy) is 1. The lowest BCUT2D eigenvalue weighted by Gasteiger charge is -2.26. The number of fused-ring (bicyclic) bond motifs is 2. The molecule has 3 heterocycles. The summed E-state index contributed by atoms with van der Waals surface area (Å²) in [6.45, 7) is -0.0795. The molecule has 4 rings (SSSR count). The van der Waals surface area contributed by atoms with E-state index in [-0.39, 0.29) is 24.5 Å². The molecule has 4 N–H and O–H groups in total. The summed E-state index contributed by atoms with van der Waals surface area (Å²) in [5.74, 6) is -0.807. The fourth-order valence-corrected chi connectivity index (χ4v) is 3.13. The summed E-state index contributed by atoms with van der Waals surface area (Å²) in [5, 5.41) is 24.2. The number of nitrogens with zero attached hydrogens (tertiary/aromatic N) is 3. The van der Waals surface area contributed by atoms with Crippen LogP contribution in [0.4, 0.5) is 5.82 Å². The molecule has 7 heteroatoms. The van der Waals surface area contributed by atoms with Crippen LogP contribution < -0.4 is 5.73 Å². The Morgan fingerprint density at radius 2 is 2.37 bits per heavy atom. The standard InChI is InChI=1S/C12H14N4O3/c13-11-8-1-2-10(16(8)15-5-14-11)12(18)7-3-6(7)9(4-17)19-12/h1-2,5-7,9,17-18H,3-4H2,(H2,13,14,15)/t6?,7-,9+,12?/m0/s1. The third-order valence-corrected chi connectivity index (χ3v) is 4.18. The van der Waals surface area contributed by atoms with Crippen molar-refractivity contribution in [2.24, 2.45) is 11.8 Å². The Labute approximate surface area is 108 Å². The molecule has 2 aromatic heterocycles. The van der Waals surface area contributed by atoms with E-state index in [1.807, 2.05) is 0 Å². The fourth-order valence-electron chi connectivity index (χ4n) is 3.13. The highest BCUT2D eigenvalue weighted by Crippen LogP contribution is 2.60. The van der Waals surface area contributed by atoms with Crippen LogP contribution in [-0.4, -0.2) is 37.5 Å². The van der Waals surface area contributed by atoms with E-state index in [4.69, 9.17) is 10.5 Å². The van der Waals surface area contributed by atoms with E-state index >= 15 is 0 Å². The van der Waals surface area contributed by atoms with E-state index < -0.39 is 5.79 Å². The van der Waals surface area contributed by atoms with Gasteiger partial charge in [-0.2, -0.15) is 5.10 Å². The number of aromatic nitrogens is 3. The summed E-state index contributed by atoms with van der Waals surface area (Å²) < 4.78 is 7.19. The largest absolute Gasteiger partial charge is 0.394 e. The minimum Gasteiger partial charge on any atom is -0.394 e. The predicted octanol–water partition coefficient (Wildman–Crippen LogP) is -0.516. The number of nitrogen functional groups attached to an aromatic ring is 1. The lowest BCUT2D eigenvalue weighted by molar-refractivity contribution is -0.231. The van der Waals surface area contributed by atoms with Crippen molar-refractivity contribution in [2.75, 3.05) is 12.3 Å². The van der Waals surface area contributed by atoms with Crippen LogP contribution >= 0.6 is 0 Å². The van der Waals surface area contributed by atoms with Gasteiger partial charge in [0.05, 0.1) is 12.7 Å². The van der Waals surface area contributed by atoms with Gasteiger partial charge in [-0.05, 0) is 24.5 Å². The molecule has 0 radical (unpaired) electrons. The van der Waals surface area contributed by atoms with Crippen molar-refractivity contribution < 1.29 is 14.9 Å². The SMILES string of the molecule is Nc1ncnn2c(C3(O)O[C@H](CO)C4C[C@@H]43)ccc12. The Balaban J connectivity index is 1.85. The monoisotopic (exact) mass is 262 g/mol. The molecule has 2 fully saturated rings. The number of hydrogen-bond donors (Lipinski definition) is 3. The molecule has 1 saturated carbocycles. The van der Waals surface area contributed by atoms with E-state index in [0.29, 0.717) is 17.0 Å². The summed E-state index contributed by atoms with van der Waals surface area (Å²) in [5.41, 5.74) is 6.96. The third kappa shape index (κ3) is 1.32. The Morgan fingerprint density at radius 3 is 3.11 bits per heavy atom. The van der Waals surface area contributed by atoms with E-state index in [9.17, 15) is 10.2 Å². The summed E-state index contributed by atoms with van der Waals surface area (Å²) in [6.07, 6.45) is 1.90. The summed E-state index contributed by atoms with van der Waals surface area (Å²) in [6, 6.07) is 3.51. The van der Waals surface area contributed by atoms with Crippen molar-refractivity contribution in [3.63, 3.8) is 0 Å². The number of rotatable bonds is 2. The Hall–Kier alpha value is -1.70. The first kappa shape index (κ1) is 11.2. The van der Waals surface area contributed by atoms with Gasteiger partial charge < -0.3 is 20.7 Å². The van der Waals surface area contributed by atoms with Crippen LogP contribution in [0.5, 0.6) is 0 Å². The molecule has 7 nitrogen and oxygen atoms in total. The van der Waals surface area contributed by atoms with Gasteiger partial charge in [0.1, 0.15) is 17.5 Å². The van der Waals surface area contributed by atoms with Crippen molar-refractivity contribution >= 4 is 11.3 Å².